The highest BCUT2D eigenvalue weighted by atomic mass is 32.2. The van der Waals surface area contributed by atoms with Crippen molar-refractivity contribution in [3.05, 3.63) is 106 Å². The minimum absolute atomic E-state index is 0.0326. The number of rotatable bonds is 10. The number of carbonyl (C=O) groups excluding carboxylic acids is 2. The zero-order chi connectivity index (χ0) is 45.8. The molecule has 0 aromatic heterocycles. The Morgan fingerprint density at radius 2 is 0.983 bits per heavy atom. The summed E-state index contributed by atoms with van der Waals surface area (Å²) in [4.78, 5) is 28.1. The zero-order valence-electron chi connectivity index (χ0n) is 31.7. The van der Waals surface area contributed by atoms with Crippen LogP contribution in [0.1, 0.15) is 56.8 Å². The van der Waals surface area contributed by atoms with Crippen LogP contribution >= 0.6 is 11.8 Å². The van der Waals surface area contributed by atoms with Crippen LogP contribution in [0.4, 0.5) is 26.3 Å². The number of guanidine groups is 2. The third-order valence-corrected chi connectivity index (χ3v) is 13.5. The largest absolute Gasteiger partial charge is 0.417 e. The van der Waals surface area contributed by atoms with Gasteiger partial charge in [-0.15, -0.1) is 0 Å². The van der Waals surface area contributed by atoms with Crippen LogP contribution in [-0.4, -0.2) is 61.5 Å². The van der Waals surface area contributed by atoms with Gasteiger partial charge >= 0.3 is 12.4 Å². The summed E-state index contributed by atoms with van der Waals surface area (Å²) in [5.41, 5.74) is 18.5. The molecule has 0 heterocycles. The van der Waals surface area contributed by atoms with Crippen molar-refractivity contribution in [2.45, 2.75) is 68.4 Å². The molecule has 4 aromatic carbocycles. The fraction of sp³-hybridized carbons (Fsp3) is 0.222. The molecule has 0 aliphatic heterocycles. The van der Waals surface area contributed by atoms with Gasteiger partial charge in [-0.25, -0.2) is 25.3 Å². The maximum Gasteiger partial charge on any atom is 0.417 e. The second kappa shape index (κ2) is 18.4. The zero-order valence-corrected chi connectivity index (χ0v) is 35.0. The molecule has 0 saturated carbocycles. The molecule has 0 saturated heterocycles. The van der Waals surface area contributed by atoms with E-state index in [1.54, 1.807) is 6.92 Å². The van der Waals surface area contributed by atoms with E-state index in [0.717, 1.165) is 48.7 Å². The molecule has 60 heavy (non-hydrogen) atoms. The molecule has 14 nitrogen and oxygen atoms in total. The van der Waals surface area contributed by atoms with Crippen molar-refractivity contribution < 1.29 is 61.2 Å². The van der Waals surface area contributed by atoms with Gasteiger partial charge in [0.05, 0.1) is 30.7 Å². The fourth-order valence-corrected chi connectivity index (χ4v) is 10.9. The van der Waals surface area contributed by atoms with E-state index in [9.17, 15) is 61.2 Å². The molecule has 0 spiro atoms. The average molecular weight is 923 g/mol. The summed E-state index contributed by atoms with van der Waals surface area (Å²) in [5.74, 6) is -2.96. The molecule has 0 fully saturated rings. The molecule has 0 bridgehead atoms. The van der Waals surface area contributed by atoms with Gasteiger partial charge in [-0.05, 0) is 72.5 Å². The van der Waals surface area contributed by atoms with E-state index in [4.69, 9.17) is 22.9 Å². The number of carbonyl (C=O) groups is 2. The van der Waals surface area contributed by atoms with Gasteiger partial charge in [0, 0.05) is 33.4 Å². The number of hydrogen-bond acceptors (Lipinski definition) is 9. The van der Waals surface area contributed by atoms with E-state index in [-0.39, 0.29) is 37.8 Å². The smallest absolute Gasteiger partial charge is 0.370 e. The quantitative estimate of drug-likeness (QED) is 0.0912. The number of nitrogens with two attached hydrogens (primary N) is 4. The first-order valence-electron chi connectivity index (χ1n) is 16.7. The molecule has 0 unspecified atom stereocenters. The molecule has 8 N–H and O–H groups in total. The summed E-state index contributed by atoms with van der Waals surface area (Å²) in [6.45, 7) is 3.24. The second-order valence-corrected chi connectivity index (χ2v) is 19.4. The van der Waals surface area contributed by atoms with Gasteiger partial charge in [0.15, 0.2) is 31.6 Å². The van der Waals surface area contributed by atoms with Crippen LogP contribution in [0.2, 0.25) is 0 Å². The topological polar surface area (TPSA) is 265 Å². The maximum absolute atomic E-state index is 13.4. The molecular weight excluding hydrogens is 887 g/mol. The number of hydrogen-bond donors (Lipinski definition) is 4. The van der Waals surface area contributed by atoms with E-state index in [1.165, 1.54) is 31.2 Å². The molecule has 0 radical (unpaired) electrons. The Hall–Kier alpha value is -5.46. The maximum atomic E-state index is 13.4. The van der Waals surface area contributed by atoms with Crippen LogP contribution in [0.3, 0.4) is 0 Å². The second-order valence-electron chi connectivity index (χ2n) is 12.4. The minimum atomic E-state index is -5.01. The lowest BCUT2D eigenvalue weighted by Crippen LogP contribution is -2.24. The van der Waals surface area contributed by atoms with Crippen molar-refractivity contribution in [3.63, 3.8) is 0 Å². The average Bonchev–Trinajstić information content (AvgIpc) is 3.12. The number of sulfone groups is 3. The first kappa shape index (κ1) is 48.9. The van der Waals surface area contributed by atoms with E-state index in [0.29, 0.717) is 36.1 Å². The third kappa shape index (κ3) is 11.8. The molecule has 2 amide bonds. The van der Waals surface area contributed by atoms with Gasteiger partial charge in [0.2, 0.25) is 9.84 Å². The van der Waals surface area contributed by atoms with Crippen molar-refractivity contribution in [2.24, 2.45) is 32.9 Å². The summed E-state index contributed by atoms with van der Waals surface area (Å²) < 4.78 is 156. The van der Waals surface area contributed by atoms with Crippen LogP contribution in [-0.2, 0) is 54.7 Å². The van der Waals surface area contributed by atoms with E-state index in [2.05, 4.69) is 9.98 Å². The Labute approximate surface area is 344 Å². The molecule has 4 aromatic rings. The van der Waals surface area contributed by atoms with Crippen LogP contribution in [0.15, 0.2) is 112 Å². The van der Waals surface area contributed by atoms with Gasteiger partial charge in [0.25, 0.3) is 11.8 Å². The fourth-order valence-electron chi connectivity index (χ4n) is 5.37. The SMILES string of the molecule is CCc1cc(S(=O)(=O)c2ccccc2C(F)(F)F)c(S(C)(=O)=O)cc1C(=O)N=C(N)N.CCc1cc(Sc2ccccc2C(F)(F)F)c(S(C)(=O)=O)cc1C(=O)N=C(N)N. The summed E-state index contributed by atoms with van der Waals surface area (Å²) in [6, 6.07) is 12.3. The number of aryl methyl sites for hydroxylation is 2. The van der Waals surface area contributed by atoms with Gasteiger partial charge in [0.1, 0.15) is 0 Å². The van der Waals surface area contributed by atoms with Gasteiger partial charge in [-0.2, -0.15) is 36.3 Å². The summed E-state index contributed by atoms with van der Waals surface area (Å²) in [7, 11) is -13.1. The number of amides is 2. The van der Waals surface area contributed by atoms with Gasteiger partial charge < -0.3 is 22.9 Å². The minimum Gasteiger partial charge on any atom is -0.370 e. The lowest BCUT2D eigenvalue weighted by Gasteiger charge is -2.17. The Morgan fingerprint density at radius 3 is 1.42 bits per heavy atom. The van der Waals surface area contributed by atoms with Crippen LogP contribution in [0.25, 0.3) is 0 Å². The van der Waals surface area contributed by atoms with Crippen molar-refractivity contribution in [1.82, 2.24) is 0 Å². The first-order chi connectivity index (χ1) is 27.4. The predicted octanol–water partition coefficient (Wildman–Crippen LogP) is 5.15. The highest BCUT2D eigenvalue weighted by molar-refractivity contribution is 8.00. The lowest BCUT2D eigenvalue weighted by molar-refractivity contribution is -0.140. The number of halogens is 6. The lowest BCUT2D eigenvalue weighted by atomic mass is 10.0. The number of benzene rings is 4. The molecule has 324 valence electrons. The van der Waals surface area contributed by atoms with Gasteiger partial charge in [-0.3, -0.25) is 9.59 Å². The predicted molar refractivity (Wildman–Crippen MR) is 211 cm³/mol. The summed E-state index contributed by atoms with van der Waals surface area (Å²) in [5, 5.41) is 0. The van der Waals surface area contributed by atoms with Crippen molar-refractivity contribution >= 4 is 65.0 Å². The molecule has 0 atom stereocenters. The first-order valence-corrected chi connectivity index (χ1v) is 22.8. The third-order valence-electron chi connectivity index (χ3n) is 8.01. The Balaban J connectivity index is 0.000000321. The van der Waals surface area contributed by atoms with Crippen molar-refractivity contribution in [2.75, 3.05) is 12.5 Å². The Bertz CT molecular complexity index is 2730. The van der Waals surface area contributed by atoms with Crippen LogP contribution < -0.4 is 22.9 Å². The molecule has 4 rings (SSSR count). The highest BCUT2D eigenvalue weighted by Crippen LogP contribution is 2.42. The summed E-state index contributed by atoms with van der Waals surface area (Å²) in [6.07, 6.45) is -7.70. The highest BCUT2D eigenvalue weighted by Gasteiger charge is 2.39. The van der Waals surface area contributed by atoms with E-state index < -0.39 is 91.4 Å². The number of alkyl halides is 6. The van der Waals surface area contributed by atoms with Crippen LogP contribution in [0.5, 0.6) is 0 Å². The van der Waals surface area contributed by atoms with E-state index >= 15 is 0 Å². The number of aliphatic imine (C=N–C) groups is 2. The monoisotopic (exact) mass is 922 g/mol. The number of nitrogens with zero attached hydrogens (tertiary/aromatic N) is 2. The Kier molecular flexibility index (Phi) is 15.0. The van der Waals surface area contributed by atoms with Crippen molar-refractivity contribution in [3.8, 4) is 0 Å². The summed E-state index contributed by atoms with van der Waals surface area (Å²) >= 11 is 0.663. The van der Waals surface area contributed by atoms with Crippen molar-refractivity contribution in [1.29, 1.82) is 0 Å². The standard InChI is InChI=1S/C18H18F3N3O5S2.C18H18F3N3O3S2/c1-3-10-8-15(14(30(2,26)27)9-11(10)16(25)24-17(22)23)31(28,29)13-7-5-4-6-12(13)18(19,20)21;1-3-10-8-14(28-13-7-5-4-6-12(13)18(19,20)21)15(29(2,26)27)9-11(10)16(25)24-17(22)23/h4-9H,3H2,1-2H3,(H4,22,23,24,25);4-9H,3H2,1-2H3,(H4,22,23,24,25). The van der Waals surface area contributed by atoms with Crippen LogP contribution in [0, 0.1) is 0 Å². The Morgan fingerprint density at radius 1 is 0.567 bits per heavy atom. The van der Waals surface area contributed by atoms with Gasteiger partial charge in [-0.1, -0.05) is 49.9 Å². The molecule has 24 heteroatoms. The molecule has 0 aliphatic rings. The molecular formula is C36H36F6N6O8S4. The normalized spacial score (nSPS) is 12.2. The van der Waals surface area contributed by atoms with E-state index in [1.807, 2.05) is 0 Å². The molecule has 0 aliphatic carbocycles.